The summed E-state index contributed by atoms with van der Waals surface area (Å²) in [6.07, 6.45) is 1.78. The average Bonchev–Trinajstić information content (AvgIpc) is 2.52. The minimum absolute atomic E-state index is 0.0893. The Morgan fingerprint density at radius 1 is 1.36 bits per heavy atom. The number of rotatable bonds is 6. The molecule has 1 heterocycles. The number of piperidine rings is 1. The molecular formula is C16H23N3O2S. The Balaban J connectivity index is 1.60. The van der Waals surface area contributed by atoms with E-state index in [1.807, 2.05) is 25.1 Å². The number of amides is 3. The Bertz CT molecular complexity index is 495. The first-order chi connectivity index (χ1) is 10.7. The molecule has 6 heteroatoms. The van der Waals surface area contributed by atoms with Gasteiger partial charge in [-0.1, -0.05) is 25.1 Å². The van der Waals surface area contributed by atoms with Gasteiger partial charge in [-0.3, -0.25) is 4.79 Å². The maximum Gasteiger partial charge on any atom is 0.315 e. The maximum atomic E-state index is 11.8. The van der Waals surface area contributed by atoms with E-state index in [1.54, 1.807) is 11.8 Å². The number of carbonyl (C=O) groups excluding carboxylic acids is 2. The molecular weight excluding hydrogens is 298 g/mol. The molecule has 3 amide bonds. The molecule has 2 atom stereocenters. The number of thioether (sulfide) groups is 1. The van der Waals surface area contributed by atoms with Crippen LogP contribution in [-0.4, -0.2) is 36.8 Å². The largest absolute Gasteiger partial charge is 0.354 e. The summed E-state index contributed by atoms with van der Waals surface area (Å²) in [6, 6.07) is 9.50. The van der Waals surface area contributed by atoms with Crippen LogP contribution in [0.25, 0.3) is 0 Å². The van der Waals surface area contributed by atoms with Gasteiger partial charge in [0.15, 0.2) is 0 Å². The van der Waals surface area contributed by atoms with Crippen LogP contribution < -0.4 is 16.0 Å². The number of hydrogen-bond donors (Lipinski definition) is 3. The van der Waals surface area contributed by atoms with Crippen molar-refractivity contribution in [2.75, 3.05) is 18.8 Å². The van der Waals surface area contributed by atoms with E-state index in [0.29, 0.717) is 13.1 Å². The Kier molecular flexibility index (Phi) is 6.58. The van der Waals surface area contributed by atoms with E-state index in [1.165, 1.54) is 4.90 Å². The summed E-state index contributed by atoms with van der Waals surface area (Å²) >= 11 is 1.77. The number of benzene rings is 1. The fourth-order valence-corrected chi connectivity index (χ4v) is 3.21. The van der Waals surface area contributed by atoms with Gasteiger partial charge in [0.25, 0.3) is 0 Å². The van der Waals surface area contributed by atoms with E-state index in [4.69, 9.17) is 0 Å². The molecule has 1 fully saturated rings. The van der Waals surface area contributed by atoms with Crippen molar-refractivity contribution in [2.24, 2.45) is 5.92 Å². The zero-order chi connectivity index (χ0) is 15.8. The molecule has 0 bridgehead atoms. The third-order valence-electron chi connectivity index (χ3n) is 3.66. The van der Waals surface area contributed by atoms with Gasteiger partial charge in [-0.2, -0.15) is 0 Å². The Hall–Kier alpha value is -1.69. The van der Waals surface area contributed by atoms with E-state index in [2.05, 4.69) is 28.1 Å². The Labute approximate surface area is 135 Å². The molecule has 0 aliphatic carbocycles. The van der Waals surface area contributed by atoms with Gasteiger partial charge in [0.05, 0.1) is 0 Å². The van der Waals surface area contributed by atoms with Crippen LogP contribution in [0.1, 0.15) is 19.8 Å². The van der Waals surface area contributed by atoms with Crippen LogP contribution in [0.2, 0.25) is 0 Å². The fraction of sp³-hybridized carbons (Fsp3) is 0.500. The van der Waals surface area contributed by atoms with Crippen LogP contribution in [0, 0.1) is 5.92 Å². The van der Waals surface area contributed by atoms with E-state index in [0.717, 1.165) is 18.6 Å². The lowest BCUT2D eigenvalue weighted by Gasteiger charge is -2.28. The summed E-state index contributed by atoms with van der Waals surface area (Å²) in [7, 11) is 0. The molecule has 5 nitrogen and oxygen atoms in total. The first-order valence-corrected chi connectivity index (χ1v) is 8.65. The predicted molar refractivity (Wildman–Crippen MR) is 88.9 cm³/mol. The van der Waals surface area contributed by atoms with Crippen molar-refractivity contribution in [3.8, 4) is 0 Å². The monoisotopic (exact) mass is 321 g/mol. The van der Waals surface area contributed by atoms with E-state index >= 15 is 0 Å². The van der Waals surface area contributed by atoms with Gasteiger partial charge in [0.1, 0.15) is 6.04 Å². The lowest BCUT2D eigenvalue weighted by Crippen LogP contribution is -2.56. The number of nitrogens with one attached hydrogen (secondary N) is 3. The highest BCUT2D eigenvalue weighted by molar-refractivity contribution is 7.99. The summed E-state index contributed by atoms with van der Waals surface area (Å²) in [5.74, 6) is 1.03. The highest BCUT2D eigenvalue weighted by Crippen LogP contribution is 2.17. The van der Waals surface area contributed by atoms with Gasteiger partial charge >= 0.3 is 6.03 Å². The third kappa shape index (κ3) is 5.26. The molecule has 1 aliphatic rings. The van der Waals surface area contributed by atoms with Crippen molar-refractivity contribution in [3.05, 3.63) is 30.3 Å². The zero-order valence-corrected chi connectivity index (χ0v) is 13.6. The second kappa shape index (κ2) is 8.68. The number of urea groups is 1. The van der Waals surface area contributed by atoms with Crippen LogP contribution >= 0.6 is 11.8 Å². The van der Waals surface area contributed by atoms with Crippen LogP contribution in [0.4, 0.5) is 4.79 Å². The zero-order valence-electron chi connectivity index (χ0n) is 12.8. The van der Waals surface area contributed by atoms with Crippen molar-refractivity contribution in [1.29, 1.82) is 0 Å². The molecule has 1 aliphatic heterocycles. The molecule has 1 saturated heterocycles. The molecule has 3 N–H and O–H groups in total. The second-order valence-corrected chi connectivity index (χ2v) is 6.62. The predicted octanol–water partition coefficient (Wildman–Crippen LogP) is 1.99. The lowest BCUT2D eigenvalue weighted by molar-refractivity contribution is -0.125. The summed E-state index contributed by atoms with van der Waals surface area (Å²) < 4.78 is 0. The molecule has 2 rings (SSSR count). The second-order valence-electron chi connectivity index (χ2n) is 5.45. The van der Waals surface area contributed by atoms with Crippen LogP contribution in [0.3, 0.4) is 0 Å². The molecule has 0 saturated carbocycles. The number of hydrogen-bond acceptors (Lipinski definition) is 3. The minimum atomic E-state index is -0.424. The first kappa shape index (κ1) is 16.7. The Morgan fingerprint density at radius 2 is 2.14 bits per heavy atom. The van der Waals surface area contributed by atoms with Crippen LogP contribution in [0.15, 0.2) is 35.2 Å². The molecule has 0 aromatic heterocycles. The van der Waals surface area contributed by atoms with Crippen LogP contribution in [-0.2, 0) is 4.79 Å². The van der Waals surface area contributed by atoms with E-state index < -0.39 is 6.04 Å². The van der Waals surface area contributed by atoms with Gasteiger partial charge in [-0.25, -0.2) is 4.79 Å². The molecule has 1 aromatic carbocycles. The quantitative estimate of drug-likeness (QED) is 0.554. The van der Waals surface area contributed by atoms with Crippen molar-refractivity contribution >= 4 is 23.7 Å². The van der Waals surface area contributed by atoms with Crippen molar-refractivity contribution in [1.82, 2.24) is 16.0 Å². The van der Waals surface area contributed by atoms with Gasteiger partial charge < -0.3 is 16.0 Å². The normalized spacial score (nSPS) is 21.0. The molecule has 0 radical (unpaired) electrons. The highest BCUT2D eigenvalue weighted by Gasteiger charge is 2.29. The minimum Gasteiger partial charge on any atom is -0.354 e. The van der Waals surface area contributed by atoms with Gasteiger partial charge in [0.2, 0.25) is 5.91 Å². The standard InChI is InChI=1S/C16H23N3O2S/c1-12-8-10-17-15(20)14(12)19-16(21)18-9-5-11-22-13-6-3-2-4-7-13/h2-4,6-7,12,14H,5,8-11H2,1H3,(H,17,20)(H2,18,19,21). The summed E-state index contributed by atoms with van der Waals surface area (Å²) in [5, 5.41) is 8.35. The molecule has 0 spiro atoms. The smallest absolute Gasteiger partial charge is 0.315 e. The first-order valence-electron chi connectivity index (χ1n) is 7.67. The van der Waals surface area contributed by atoms with E-state index in [9.17, 15) is 9.59 Å². The summed E-state index contributed by atoms with van der Waals surface area (Å²) in [5.41, 5.74) is 0. The van der Waals surface area contributed by atoms with Crippen molar-refractivity contribution in [3.63, 3.8) is 0 Å². The van der Waals surface area contributed by atoms with Crippen molar-refractivity contribution < 1.29 is 9.59 Å². The summed E-state index contributed by atoms with van der Waals surface area (Å²) in [6.45, 7) is 3.28. The Morgan fingerprint density at radius 3 is 2.86 bits per heavy atom. The lowest BCUT2D eigenvalue weighted by atomic mass is 9.94. The molecule has 22 heavy (non-hydrogen) atoms. The van der Waals surface area contributed by atoms with Crippen LogP contribution in [0.5, 0.6) is 0 Å². The average molecular weight is 321 g/mol. The maximum absolute atomic E-state index is 11.8. The SMILES string of the molecule is CC1CCNC(=O)C1NC(=O)NCCCSc1ccccc1. The summed E-state index contributed by atoms with van der Waals surface area (Å²) in [4.78, 5) is 24.8. The fourth-order valence-electron chi connectivity index (χ4n) is 2.34. The van der Waals surface area contributed by atoms with Gasteiger partial charge in [-0.15, -0.1) is 11.8 Å². The topological polar surface area (TPSA) is 70.2 Å². The highest BCUT2D eigenvalue weighted by atomic mass is 32.2. The van der Waals surface area contributed by atoms with E-state index in [-0.39, 0.29) is 17.9 Å². The number of carbonyl (C=O) groups is 2. The third-order valence-corrected chi connectivity index (χ3v) is 4.75. The molecule has 120 valence electrons. The molecule has 2 unspecified atom stereocenters. The van der Waals surface area contributed by atoms with Crippen molar-refractivity contribution in [2.45, 2.75) is 30.7 Å². The van der Waals surface area contributed by atoms with Gasteiger partial charge in [-0.05, 0) is 36.6 Å². The van der Waals surface area contributed by atoms with Gasteiger partial charge in [0, 0.05) is 18.0 Å². The molecule has 1 aromatic rings.